The van der Waals surface area contributed by atoms with E-state index in [0.717, 1.165) is 0 Å². The fourth-order valence-corrected chi connectivity index (χ4v) is 1.79. The summed E-state index contributed by atoms with van der Waals surface area (Å²) in [4.78, 5) is 23.6. The molecule has 0 aliphatic carbocycles. The molecule has 0 spiro atoms. The predicted octanol–water partition coefficient (Wildman–Crippen LogP) is 1.85. The summed E-state index contributed by atoms with van der Waals surface area (Å²) in [5.41, 5.74) is -0.106. The van der Waals surface area contributed by atoms with E-state index >= 15 is 0 Å². The Kier molecular flexibility index (Phi) is 5.03. The molecule has 0 fully saturated rings. The highest BCUT2D eigenvalue weighted by molar-refractivity contribution is 5.79. The van der Waals surface area contributed by atoms with E-state index in [1.54, 1.807) is 26.0 Å². The van der Waals surface area contributed by atoms with Gasteiger partial charge in [-0.15, -0.1) is 0 Å². The van der Waals surface area contributed by atoms with Gasteiger partial charge in [-0.2, -0.15) is 5.26 Å². The average molecular weight is 277 g/mol. The smallest absolute Gasteiger partial charge is 0.325 e. The number of hydrogen-bond acceptors (Lipinski definition) is 6. The van der Waals surface area contributed by atoms with E-state index in [0.29, 0.717) is 0 Å². The second-order valence-corrected chi connectivity index (χ2v) is 4.34. The van der Waals surface area contributed by atoms with E-state index < -0.39 is 10.9 Å². The third-order valence-corrected chi connectivity index (χ3v) is 2.78. The monoisotopic (exact) mass is 277 g/mol. The van der Waals surface area contributed by atoms with Crippen molar-refractivity contribution in [3.8, 4) is 6.07 Å². The third-order valence-electron chi connectivity index (χ3n) is 2.78. The molecular formula is C13H15N3O4. The first-order valence-corrected chi connectivity index (χ1v) is 5.93. The van der Waals surface area contributed by atoms with Crippen molar-refractivity contribution >= 4 is 17.3 Å². The lowest BCUT2D eigenvalue weighted by molar-refractivity contribution is -0.384. The number of rotatable bonds is 5. The maximum absolute atomic E-state index is 11.4. The van der Waals surface area contributed by atoms with Crippen molar-refractivity contribution in [2.24, 2.45) is 0 Å². The first kappa shape index (κ1) is 15.4. The molecule has 0 unspecified atom stereocenters. The largest absolute Gasteiger partial charge is 0.468 e. The van der Waals surface area contributed by atoms with Crippen molar-refractivity contribution in [3.63, 3.8) is 0 Å². The van der Waals surface area contributed by atoms with Gasteiger partial charge in [0.15, 0.2) is 0 Å². The molecule has 20 heavy (non-hydrogen) atoms. The molecule has 0 saturated carbocycles. The molecule has 106 valence electrons. The van der Waals surface area contributed by atoms with Crippen LogP contribution in [0.1, 0.15) is 19.4 Å². The van der Waals surface area contributed by atoms with Gasteiger partial charge in [-0.1, -0.05) is 6.07 Å². The lowest BCUT2D eigenvalue weighted by Crippen LogP contribution is -2.36. The zero-order chi connectivity index (χ0) is 15.3. The number of nitrogens with zero attached hydrogens (tertiary/aromatic N) is 3. The highest BCUT2D eigenvalue weighted by atomic mass is 16.6. The van der Waals surface area contributed by atoms with Crippen LogP contribution in [0.3, 0.4) is 0 Å². The predicted molar refractivity (Wildman–Crippen MR) is 72.3 cm³/mol. The molecule has 0 amide bonds. The number of para-hydroxylation sites is 1. The molecule has 0 bridgehead atoms. The van der Waals surface area contributed by atoms with Crippen molar-refractivity contribution in [1.82, 2.24) is 0 Å². The summed E-state index contributed by atoms with van der Waals surface area (Å²) in [6.45, 7) is 3.47. The highest BCUT2D eigenvalue weighted by Gasteiger charge is 2.26. The number of carbonyl (C=O) groups excluding carboxylic acids is 1. The topological polar surface area (TPSA) is 96.5 Å². The van der Waals surface area contributed by atoms with Crippen LogP contribution in [0.2, 0.25) is 0 Å². The number of carbonyl (C=O) groups is 1. The number of anilines is 1. The lowest BCUT2D eigenvalue weighted by Gasteiger charge is -2.27. The van der Waals surface area contributed by atoms with Gasteiger partial charge in [0, 0.05) is 6.04 Å². The number of esters is 1. The third kappa shape index (κ3) is 3.23. The van der Waals surface area contributed by atoms with Crippen molar-refractivity contribution < 1.29 is 14.5 Å². The van der Waals surface area contributed by atoms with Crippen molar-refractivity contribution in [2.75, 3.05) is 18.6 Å². The molecular weight excluding hydrogens is 262 g/mol. The molecule has 1 aromatic carbocycles. The Morgan fingerprint density at radius 2 is 2.20 bits per heavy atom. The molecule has 7 nitrogen and oxygen atoms in total. The van der Waals surface area contributed by atoms with E-state index in [4.69, 9.17) is 5.26 Å². The fourth-order valence-electron chi connectivity index (χ4n) is 1.79. The normalized spacial score (nSPS) is 9.95. The number of nitriles is 1. The minimum absolute atomic E-state index is 0.0389. The number of hydrogen-bond donors (Lipinski definition) is 0. The van der Waals surface area contributed by atoms with Crippen LogP contribution in [-0.2, 0) is 9.53 Å². The van der Waals surface area contributed by atoms with E-state index in [1.807, 2.05) is 0 Å². The molecule has 0 saturated heterocycles. The Morgan fingerprint density at radius 3 is 2.65 bits per heavy atom. The second-order valence-electron chi connectivity index (χ2n) is 4.34. The van der Waals surface area contributed by atoms with E-state index in [1.165, 1.54) is 24.1 Å². The summed E-state index contributed by atoms with van der Waals surface area (Å²) in [7, 11) is 1.25. The van der Waals surface area contributed by atoms with Crippen LogP contribution in [0.25, 0.3) is 0 Å². The maximum Gasteiger partial charge on any atom is 0.325 e. The zero-order valence-electron chi connectivity index (χ0n) is 11.5. The van der Waals surface area contributed by atoms with Gasteiger partial charge in [0.2, 0.25) is 0 Å². The van der Waals surface area contributed by atoms with Gasteiger partial charge in [0.25, 0.3) is 0 Å². The minimum atomic E-state index is -0.611. The molecule has 7 heteroatoms. The fraction of sp³-hybridized carbons (Fsp3) is 0.385. The van der Waals surface area contributed by atoms with Crippen molar-refractivity contribution in [2.45, 2.75) is 19.9 Å². The minimum Gasteiger partial charge on any atom is -0.468 e. The van der Waals surface area contributed by atoms with E-state index in [-0.39, 0.29) is 29.5 Å². The van der Waals surface area contributed by atoms with Crippen molar-refractivity contribution in [1.29, 1.82) is 5.26 Å². The van der Waals surface area contributed by atoms with Crippen LogP contribution < -0.4 is 4.90 Å². The quantitative estimate of drug-likeness (QED) is 0.463. The summed E-state index contributed by atoms with van der Waals surface area (Å²) in [6, 6.07) is 6.07. The Labute approximate surface area is 116 Å². The Balaban J connectivity index is 3.37. The number of nitro benzene ring substituents is 1. The summed E-state index contributed by atoms with van der Waals surface area (Å²) in [5.74, 6) is -0.504. The van der Waals surface area contributed by atoms with Crippen LogP contribution >= 0.6 is 0 Å². The molecule has 0 atom stereocenters. The van der Waals surface area contributed by atoms with Gasteiger partial charge in [0.1, 0.15) is 23.9 Å². The SMILES string of the molecule is COC(=O)CN(c1cccc(C#N)c1[N+](=O)[O-])C(C)C. The first-order valence-electron chi connectivity index (χ1n) is 5.93. The Morgan fingerprint density at radius 1 is 1.55 bits per heavy atom. The summed E-state index contributed by atoms with van der Waals surface area (Å²) in [5, 5.41) is 20.2. The highest BCUT2D eigenvalue weighted by Crippen LogP contribution is 2.32. The molecule has 0 heterocycles. The van der Waals surface area contributed by atoms with Gasteiger partial charge in [-0.3, -0.25) is 14.9 Å². The molecule has 0 radical (unpaired) electrons. The summed E-state index contributed by atoms with van der Waals surface area (Å²) < 4.78 is 4.59. The van der Waals surface area contributed by atoms with Gasteiger partial charge in [0.05, 0.1) is 12.0 Å². The summed E-state index contributed by atoms with van der Waals surface area (Å²) >= 11 is 0. The molecule has 0 aromatic heterocycles. The molecule has 0 aliphatic rings. The summed E-state index contributed by atoms with van der Waals surface area (Å²) in [6.07, 6.45) is 0. The van der Waals surface area contributed by atoms with Crippen molar-refractivity contribution in [3.05, 3.63) is 33.9 Å². The zero-order valence-corrected chi connectivity index (χ0v) is 11.5. The van der Waals surface area contributed by atoms with Gasteiger partial charge < -0.3 is 9.64 Å². The van der Waals surface area contributed by atoms with Crippen LogP contribution in [0.5, 0.6) is 0 Å². The molecule has 1 aromatic rings. The Bertz CT molecular complexity index is 563. The lowest BCUT2D eigenvalue weighted by atomic mass is 10.1. The second kappa shape index (κ2) is 6.52. The van der Waals surface area contributed by atoms with E-state index in [9.17, 15) is 14.9 Å². The number of methoxy groups -OCH3 is 1. The van der Waals surface area contributed by atoms with Crippen LogP contribution in [0, 0.1) is 21.4 Å². The Hall–Kier alpha value is -2.62. The van der Waals surface area contributed by atoms with Crippen LogP contribution in [0.15, 0.2) is 18.2 Å². The van der Waals surface area contributed by atoms with Crippen LogP contribution in [0.4, 0.5) is 11.4 Å². The number of benzene rings is 1. The molecule has 0 aliphatic heterocycles. The molecule has 0 N–H and O–H groups in total. The molecule has 1 rings (SSSR count). The number of nitro groups is 1. The van der Waals surface area contributed by atoms with Gasteiger partial charge >= 0.3 is 11.7 Å². The maximum atomic E-state index is 11.4. The van der Waals surface area contributed by atoms with Gasteiger partial charge in [-0.05, 0) is 26.0 Å². The average Bonchev–Trinajstić information content (AvgIpc) is 2.42. The van der Waals surface area contributed by atoms with Gasteiger partial charge in [-0.25, -0.2) is 0 Å². The standard InChI is InChI=1S/C13H15N3O4/c1-9(2)15(8-12(17)20-3)11-6-4-5-10(7-14)13(11)16(18)19/h4-6,9H,8H2,1-3H3. The number of ether oxygens (including phenoxy) is 1. The van der Waals surface area contributed by atoms with Crippen LogP contribution in [-0.4, -0.2) is 30.6 Å². The first-order chi connectivity index (χ1) is 9.42. The van der Waals surface area contributed by atoms with E-state index in [2.05, 4.69) is 4.74 Å².